The zero-order valence-corrected chi connectivity index (χ0v) is 13.7. The Morgan fingerprint density at radius 1 is 1.41 bits per heavy atom. The summed E-state index contributed by atoms with van der Waals surface area (Å²) in [5.41, 5.74) is 5.17. The first kappa shape index (κ1) is 16.3. The Bertz CT molecular complexity index is 650. The first-order chi connectivity index (χ1) is 10.2. The molecule has 2 aliphatic rings. The van der Waals surface area contributed by atoms with Crippen molar-refractivity contribution in [3.05, 3.63) is 0 Å². The van der Waals surface area contributed by atoms with Crippen LogP contribution in [-0.4, -0.2) is 63.9 Å². The number of carbonyl (C=O) groups is 3. The van der Waals surface area contributed by atoms with Crippen molar-refractivity contribution in [3.8, 4) is 0 Å². The third-order valence-corrected chi connectivity index (χ3v) is 4.38. The number of hydrogen-bond acceptors (Lipinski definition) is 6. The molecule has 0 bridgehead atoms. The van der Waals surface area contributed by atoms with Gasteiger partial charge in [-0.2, -0.15) is 9.48 Å². The van der Waals surface area contributed by atoms with E-state index in [9.17, 15) is 14.4 Å². The molecule has 22 heavy (non-hydrogen) atoms. The highest BCUT2D eigenvalue weighted by Gasteiger charge is 2.49. The van der Waals surface area contributed by atoms with Crippen LogP contribution in [0.5, 0.6) is 0 Å². The lowest BCUT2D eigenvalue weighted by atomic mass is 10.0. The summed E-state index contributed by atoms with van der Waals surface area (Å²) in [6.07, 6.45) is 0. The number of fused-ring (bicyclic) bond motifs is 1. The maximum atomic E-state index is 12.4. The zero-order chi connectivity index (χ0) is 16.6. The Morgan fingerprint density at radius 3 is 2.59 bits per heavy atom. The number of nitrogens with two attached hydrogens (primary N) is 1. The fourth-order valence-electron chi connectivity index (χ4n) is 2.11. The van der Waals surface area contributed by atoms with Crippen molar-refractivity contribution >= 4 is 46.3 Å². The molecule has 0 saturated heterocycles. The molecule has 0 saturated carbocycles. The minimum atomic E-state index is -0.764. The van der Waals surface area contributed by atoms with Gasteiger partial charge in [0.05, 0.1) is 19.8 Å². The monoisotopic (exact) mass is 324 g/mol. The maximum Gasteiger partial charge on any atom is 0.445 e. The van der Waals surface area contributed by atoms with Gasteiger partial charge in [0.1, 0.15) is 5.04 Å². The smallest absolute Gasteiger partial charge is 0.369 e. The van der Waals surface area contributed by atoms with Gasteiger partial charge in [0, 0.05) is 5.92 Å². The molecule has 0 aliphatic carbocycles. The minimum Gasteiger partial charge on any atom is -0.369 e. The van der Waals surface area contributed by atoms with Crippen LogP contribution in [0.15, 0.2) is 9.98 Å². The van der Waals surface area contributed by atoms with E-state index in [2.05, 4.69) is 9.98 Å². The van der Waals surface area contributed by atoms with Crippen molar-refractivity contribution in [1.29, 1.82) is 0 Å². The van der Waals surface area contributed by atoms with Crippen LogP contribution >= 0.6 is 11.8 Å². The molecule has 1 atom stereocenters. The average molecular weight is 324 g/mol. The Labute approximate surface area is 132 Å². The molecule has 2 aliphatic heterocycles. The number of primary amides is 1. The highest BCUT2D eigenvalue weighted by Crippen LogP contribution is 2.26. The van der Waals surface area contributed by atoms with Gasteiger partial charge in [0.25, 0.3) is 5.84 Å². The van der Waals surface area contributed by atoms with Crippen molar-refractivity contribution in [2.45, 2.75) is 13.8 Å². The predicted molar refractivity (Wildman–Crippen MR) is 84.2 cm³/mol. The summed E-state index contributed by atoms with van der Waals surface area (Å²) in [6, 6.07) is -0.441. The van der Waals surface area contributed by atoms with Crippen molar-refractivity contribution in [3.63, 3.8) is 0 Å². The zero-order valence-electron chi connectivity index (χ0n) is 12.9. The van der Waals surface area contributed by atoms with Gasteiger partial charge in [-0.3, -0.25) is 9.59 Å². The van der Waals surface area contributed by atoms with E-state index in [-0.39, 0.29) is 11.7 Å². The van der Waals surface area contributed by atoms with Gasteiger partial charge in [0.15, 0.2) is 5.92 Å². The van der Waals surface area contributed by atoms with E-state index >= 15 is 0 Å². The second-order valence-corrected chi connectivity index (χ2v) is 6.36. The summed E-state index contributed by atoms with van der Waals surface area (Å²) in [5.74, 6) is -0.753. The number of nitrogens with zero attached hydrogens (tertiary/aromatic N) is 4. The van der Waals surface area contributed by atoms with Crippen LogP contribution in [0.2, 0.25) is 0 Å². The minimum absolute atomic E-state index is 0.0165. The van der Waals surface area contributed by atoms with Gasteiger partial charge >= 0.3 is 11.9 Å². The molecule has 1 unspecified atom stereocenters. The van der Waals surface area contributed by atoms with Crippen LogP contribution in [0.25, 0.3) is 0 Å². The first-order valence-corrected chi connectivity index (χ1v) is 7.73. The summed E-state index contributed by atoms with van der Waals surface area (Å²) < 4.78 is 1.34. The van der Waals surface area contributed by atoms with Crippen molar-refractivity contribution in [1.82, 2.24) is 4.90 Å². The SMILES string of the molecule is CC(C)C1=NC2=[N+](C)C(=O)N(C)C(=O)C2C(SCC(N)=O)=N1. The van der Waals surface area contributed by atoms with Crippen LogP contribution in [0, 0.1) is 11.8 Å². The molecule has 0 aromatic rings. The number of imide groups is 1. The molecule has 8 nitrogen and oxygen atoms in total. The fourth-order valence-corrected chi connectivity index (χ4v) is 2.93. The second kappa shape index (κ2) is 5.99. The topological polar surface area (TPSA) is 108 Å². The third kappa shape index (κ3) is 2.80. The number of urea groups is 1. The van der Waals surface area contributed by atoms with E-state index in [0.717, 1.165) is 16.7 Å². The standard InChI is InChI=1S/C13H17N5O3S/c1-6(2)9-15-10-8(11(16-9)22-5-7(14)19)12(20)18(4)13(21)17(10)3/h6,8H,5H2,1-4H3,(H-,14,19)/p+1. The number of amidine groups is 2. The number of hydrogen-bond donors (Lipinski definition) is 1. The summed E-state index contributed by atoms with van der Waals surface area (Å²) in [6.45, 7) is 3.83. The molecule has 0 spiro atoms. The largest absolute Gasteiger partial charge is 0.445 e. The van der Waals surface area contributed by atoms with Crippen LogP contribution in [0.1, 0.15) is 13.8 Å². The summed E-state index contributed by atoms with van der Waals surface area (Å²) in [7, 11) is 2.98. The van der Waals surface area contributed by atoms with Crippen LogP contribution in [-0.2, 0) is 9.59 Å². The molecule has 2 rings (SSSR count). The lowest BCUT2D eigenvalue weighted by molar-refractivity contribution is -0.407. The molecule has 9 heteroatoms. The van der Waals surface area contributed by atoms with Gasteiger partial charge in [-0.15, -0.1) is 0 Å². The van der Waals surface area contributed by atoms with Crippen molar-refractivity contribution in [2.75, 3.05) is 19.8 Å². The molecule has 2 heterocycles. The molecular formula is C13H18N5O3S+. The van der Waals surface area contributed by atoms with Crippen molar-refractivity contribution < 1.29 is 19.0 Å². The van der Waals surface area contributed by atoms with Gasteiger partial charge in [0.2, 0.25) is 11.7 Å². The lowest BCUT2D eigenvalue weighted by Crippen LogP contribution is -2.55. The van der Waals surface area contributed by atoms with E-state index < -0.39 is 23.8 Å². The Hall–Kier alpha value is -2.03. The third-order valence-electron chi connectivity index (χ3n) is 3.33. The highest BCUT2D eigenvalue weighted by molar-refractivity contribution is 8.14. The number of aliphatic imine (C=N–C) groups is 2. The normalized spacial score (nSPS) is 21.9. The van der Waals surface area contributed by atoms with E-state index in [0.29, 0.717) is 16.7 Å². The maximum absolute atomic E-state index is 12.4. The van der Waals surface area contributed by atoms with Gasteiger partial charge < -0.3 is 5.73 Å². The quantitative estimate of drug-likeness (QED) is 0.732. The fraction of sp³-hybridized carbons (Fsp3) is 0.538. The van der Waals surface area contributed by atoms with Crippen LogP contribution in [0.3, 0.4) is 0 Å². The Balaban J connectivity index is 2.53. The second-order valence-electron chi connectivity index (χ2n) is 5.36. The van der Waals surface area contributed by atoms with Crippen LogP contribution in [0.4, 0.5) is 4.79 Å². The molecular weight excluding hydrogens is 306 g/mol. The summed E-state index contributed by atoms with van der Waals surface area (Å²) in [4.78, 5) is 45.3. The lowest BCUT2D eigenvalue weighted by Gasteiger charge is -2.26. The summed E-state index contributed by atoms with van der Waals surface area (Å²) in [5, 5.41) is 0.448. The molecule has 0 aromatic carbocycles. The Kier molecular flexibility index (Phi) is 4.45. The van der Waals surface area contributed by atoms with Crippen LogP contribution < -0.4 is 5.73 Å². The van der Waals surface area contributed by atoms with Gasteiger partial charge in [-0.1, -0.05) is 30.6 Å². The molecule has 0 radical (unpaired) electrons. The molecule has 0 fully saturated rings. The number of amides is 4. The predicted octanol–water partition coefficient (Wildman–Crippen LogP) is -0.0795. The van der Waals surface area contributed by atoms with Crippen molar-refractivity contribution in [2.24, 2.45) is 27.6 Å². The van der Waals surface area contributed by atoms with E-state index in [1.807, 2.05) is 13.8 Å². The van der Waals surface area contributed by atoms with E-state index in [1.165, 1.54) is 11.6 Å². The van der Waals surface area contributed by atoms with E-state index in [4.69, 9.17) is 5.73 Å². The first-order valence-electron chi connectivity index (χ1n) is 6.74. The number of rotatable bonds is 3. The highest BCUT2D eigenvalue weighted by atomic mass is 32.2. The molecule has 0 aromatic heterocycles. The molecule has 4 amide bonds. The molecule has 118 valence electrons. The molecule has 2 N–H and O–H groups in total. The number of thioether (sulfide) groups is 1. The average Bonchev–Trinajstić information content (AvgIpc) is 2.47. The van der Waals surface area contributed by atoms with Gasteiger partial charge in [-0.05, 0) is 0 Å². The Morgan fingerprint density at radius 2 is 2.05 bits per heavy atom. The number of carbonyl (C=O) groups excluding carboxylic acids is 3. The summed E-state index contributed by atoms with van der Waals surface area (Å²) >= 11 is 1.11. The van der Waals surface area contributed by atoms with Gasteiger partial charge in [-0.25, -0.2) is 9.79 Å². The van der Waals surface area contributed by atoms with E-state index in [1.54, 1.807) is 7.05 Å².